The highest BCUT2D eigenvalue weighted by molar-refractivity contribution is 5.85. The summed E-state index contributed by atoms with van der Waals surface area (Å²) in [7, 11) is 1.90. The standard InChI is InChI=1S/C14H22N4O2.ClH/c1-14(3-4-20-9-14)17-13(19)12-7-15-6-11(12)10-5-16-18(2)8-10;/h5,8,11-12,15H,3-4,6-7,9H2,1-2H3,(H,17,19);1H/t11-,12+,14?;/m1./s1. The smallest absolute Gasteiger partial charge is 0.225 e. The summed E-state index contributed by atoms with van der Waals surface area (Å²) in [5.74, 6) is 0.295. The Morgan fingerprint density at radius 1 is 1.57 bits per heavy atom. The summed E-state index contributed by atoms with van der Waals surface area (Å²) in [6.45, 7) is 4.95. The molecule has 2 N–H and O–H groups in total. The van der Waals surface area contributed by atoms with Crippen LogP contribution in [0.15, 0.2) is 12.4 Å². The van der Waals surface area contributed by atoms with Crippen molar-refractivity contribution in [3.63, 3.8) is 0 Å². The van der Waals surface area contributed by atoms with Crippen LogP contribution in [-0.4, -0.2) is 47.5 Å². The molecule has 2 saturated heterocycles. The van der Waals surface area contributed by atoms with Crippen LogP contribution in [0.25, 0.3) is 0 Å². The number of nitrogens with one attached hydrogen (secondary N) is 2. The van der Waals surface area contributed by atoms with Crippen molar-refractivity contribution in [1.82, 2.24) is 20.4 Å². The Hall–Kier alpha value is -1.11. The number of ether oxygens (including phenoxy) is 1. The van der Waals surface area contributed by atoms with E-state index < -0.39 is 0 Å². The quantitative estimate of drug-likeness (QED) is 0.849. The molecule has 6 nitrogen and oxygen atoms in total. The third kappa shape index (κ3) is 3.39. The molecule has 2 aliphatic rings. The Kier molecular flexibility index (Phi) is 4.91. The van der Waals surface area contributed by atoms with Crippen LogP contribution in [0.2, 0.25) is 0 Å². The molecule has 1 unspecified atom stereocenters. The van der Waals surface area contributed by atoms with Crippen molar-refractivity contribution in [1.29, 1.82) is 0 Å². The van der Waals surface area contributed by atoms with E-state index in [1.807, 2.05) is 19.4 Å². The van der Waals surface area contributed by atoms with Gasteiger partial charge in [-0.3, -0.25) is 9.48 Å². The van der Waals surface area contributed by atoms with Gasteiger partial charge in [0.05, 0.1) is 24.3 Å². The van der Waals surface area contributed by atoms with Crippen molar-refractivity contribution in [2.75, 3.05) is 26.3 Å². The molecule has 3 atom stereocenters. The fourth-order valence-electron chi connectivity index (χ4n) is 3.09. The number of hydrogen-bond donors (Lipinski definition) is 2. The van der Waals surface area contributed by atoms with Crippen molar-refractivity contribution >= 4 is 18.3 Å². The largest absolute Gasteiger partial charge is 0.379 e. The van der Waals surface area contributed by atoms with Crippen LogP contribution in [-0.2, 0) is 16.6 Å². The average molecular weight is 315 g/mol. The van der Waals surface area contributed by atoms with Gasteiger partial charge < -0.3 is 15.4 Å². The van der Waals surface area contributed by atoms with E-state index in [-0.39, 0.29) is 35.7 Å². The summed E-state index contributed by atoms with van der Waals surface area (Å²) in [4.78, 5) is 12.6. The van der Waals surface area contributed by atoms with Crippen LogP contribution >= 0.6 is 12.4 Å². The predicted molar refractivity (Wildman–Crippen MR) is 81.5 cm³/mol. The number of carbonyl (C=O) groups is 1. The van der Waals surface area contributed by atoms with Gasteiger partial charge in [-0.25, -0.2) is 0 Å². The lowest BCUT2D eigenvalue weighted by Crippen LogP contribution is -2.49. The molecule has 7 heteroatoms. The second-order valence-corrected chi connectivity index (χ2v) is 6.17. The van der Waals surface area contributed by atoms with Gasteiger partial charge in [0.15, 0.2) is 0 Å². The summed E-state index contributed by atoms with van der Waals surface area (Å²) in [5, 5.41) is 10.7. The van der Waals surface area contributed by atoms with Crippen molar-refractivity contribution < 1.29 is 9.53 Å². The molecule has 1 aromatic rings. The molecule has 0 aromatic carbocycles. The lowest BCUT2D eigenvalue weighted by atomic mass is 9.89. The Balaban J connectivity index is 0.00000161. The summed E-state index contributed by atoms with van der Waals surface area (Å²) >= 11 is 0. The number of amides is 1. The molecule has 1 amide bonds. The normalized spacial score (nSPS) is 31.9. The highest BCUT2D eigenvalue weighted by atomic mass is 35.5. The number of aromatic nitrogens is 2. The topological polar surface area (TPSA) is 68.2 Å². The molecular formula is C14H23ClN4O2. The summed E-state index contributed by atoms with van der Waals surface area (Å²) in [6.07, 6.45) is 4.74. The van der Waals surface area contributed by atoms with Crippen LogP contribution in [0.3, 0.4) is 0 Å². The Morgan fingerprint density at radius 2 is 2.38 bits per heavy atom. The Morgan fingerprint density at radius 3 is 3.00 bits per heavy atom. The van der Waals surface area contributed by atoms with Crippen molar-refractivity contribution in [2.45, 2.75) is 24.8 Å². The number of nitrogens with zero attached hydrogens (tertiary/aromatic N) is 2. The molecule has 3 rings (SSSR count). The molecule has 0 spiro atoms. The lowest BCUT2D eigenvalue weighted by Gasteiger charge is -2.27. The first kappa shape index (κ1) is 16.3. The monoisotopic (exact) mass is 314 g/mol. The van der Waals surface area contributed by atoms with E-state index in [0.717, 1.165) is 31.7 Å². The zero-order valence-corrected chi connectivity index (χ0v) is 13.3. The van der Waals surface area contributed by atoms with E-state index in [9.17, 15) is 4.79 Å². The number of halogens is 1. The third-order valence-corrected chi connectivity index (χ3v) is 4.35. The van der Waals surface area contributed by atoms with Gasteiger partial charge >= 0.3 is 0 Å². The minimum Gasteiger partial charge on any atom is -0.379 e. The Bertz CT molecular complexity index is 499. The molecular weight excluding hydrogens is 292 g/mol. The van der Waals surface area contributed by atoms with Crippen molar-refractivity contribution in [2.24, 2.45) is 13.0 Å². The molecule has 0 radical (unpaired) electrons. The fourth-order valence-corrected chi connectivity index (χ4v) is 3.09. The number of rotatable bonds is 3. The maximum atomic E-state index is 12.6. The minimum absolute atomic E-state index is 0. The van der Waals surface area contributed by atoms with Gasteiger partial charge in [-0.2, -0.15) is 5.10 Å². The molecule has 0 saturated carbocycles. The molecule has 0 bridgehead atoms. The van der Waals surface area contributed by atoms with Gasteiger partial charge in [0.1, 0.15) is 0 Å². The van der Waals surface area contributed by atoms with E-state index in [1.165, 1.54) is 0 Å². The molecule has 1 aromatic heterocycles. The molecule has 2 aliphatic heterocycles. The van der Waals surface area contributed by atoms with Gasteiger partial charge in [0.25, 0.3) is 0 Å². The van der Waals surface area contributed by atoms with E-state index in [0.29, 0.717) is 6.61 Å². The molecule has 0 aliphatic carbocycles. The zero-order chi connectivity index (χ0) is 14.2. The summed E-state index contributed by atoms with van der Waals surface area (Å²) < 4.78 is 7.18. The molecule has 118 valence electrons. The molecule has 2 fully saturated rings. The average Bonchev–Trinajstić information content (AvgIpc) is 3.08. The van der Waals surface area contributed by atoms with Gasteiger partial charge in [0, 0.05) is 38.9 Å². The van der Waals surface area contributed by atoms with Gasteiger partial charge in [0.2, 0.25) is 5.91 Å². The van der Waals surface area contributed by atoms with E-state index in [1.54, 1.807) is 4.68 Å². The zero-order valence-electron chi connectivity index (χ0n) is 12.5. The van der Waals surface area contributed by atoms with Crippen LogP contribution in [0.1, 0.15) is 24.8 Å². The van der Waals surface area contributed by atoms with Crippen LogP contribution in [0.4, 0.5) is 0 Å². The maximum absolute atomic E-state index is 12.6. The maximum Gasteiger partial charge on any atom is 0.225 e. The van der Waals surface area contributed by atoms with Gasteiger partial charge in [-0.1, -0.05) is 0 Å². The highest BCUT2D eigenvalue weighted by Crippen LogP contribution is 2.29. The SMILES string of the molecule is Cl.Cn1cc([C@H]2CNC[C@@H]2C(=O)NC2(C)CCOC2)cn1. The first-order chi connectivity index (χ1) is 9.57. The number of carbonyl (C=O) groups excluding carboxylic acids is 1. The number of hydrogen-bond acceptors (Lipinski definition) is 4. The van der Waals surface area contributed by atoms with Crippen LogP contribution in [0, 0.1) is 5.92 Å². The second kappa shape index (κ2) is 6.34. The lowest BCUT2D eigenvalue weighted by molar-refractivity contribution is -0.126. The third-order valence-electron chi connectivity index (χ3n) is 4.35. The van der Waals surface area contributed by atoms with E-state index >= 15 is 0 Å². The van der Waals surface area contributed by atoms with Crippen LogP contribution in [0.5, 0.6) is 0 Å². The predicted octanol–water partition coefficient (Wildman–Crippen LogP) is 0.440. The number of aryl methyl sites for hydroxylation is 1. The highest BCUT2D eigenvalue weighted by Gasteiger charge is 2.39. The second-order valence-electron chi connectivity index (χ2n) is 6.17. The molecule has 21 heavy (non-hydrogen) atoms. The fraction of sp³-hybridized carbons (Fsp3) is 0.714. The van der Waals surface area contributed by atoms with E-state index in [2.05, 4.69) is 22.7 Å². The minimum atomic E-state index is -0.209. The summed E-state index contributed by atoms with van der Waals surface area (Å²) in [5.41, 5.74) is 0.921. The first-order valence-electron chi connectivity index (χ1n) is 7.16. The molecule has 3 heterocycles. The summed E-state index contributed by atoms with van der Waals surface area (Å²) in [6, 6.07) is 0. The van der Waals surface area contributed by atoms with Gasteiger partial charge in [-0.15, -0.1) is 12.4 Å². The van der Waals surface area contributed by atoms with Crippen molar-refractivity contribution in [3.05, 3.63) is 18.0 Å². The Labute approximate surface area is 131 Å². The van der Waals surface area contributed by atoms with Gasteiger partial charge in [-0.05, 0) is 18.9 Å². The first-order valence-corrected chi connectivity index (χ1v) is 7.16. The van der Waals surface area contributed by atoms with E-state index in [4.69, 9.17) is 4.74 Å². The van der Waals surface area contributed by atoms with Crippen LogP contribution < -0.4 is 10.6 Å². The van der Waals surface area contributed by atoms with Crippen molar-refractivity contribution in [3.8, 4) is 0 Å².